The van der Waals surface area contributed by atoms with E-state index in [-0.39, 0.29) is 35.0 Å². The Morgan fingerprint density at radius 1 is 1.19 bits per heavy atom. The Balaban J connectivity index is 0.000000458. The lowest BCUT2D eigenvalue weighted by atomic mass is 10.1. The number of rotatable bonds is 7. The number of benzene rings is 2. The van der Waals surface area contributed by atoms with Crippen molar-refractivity contribution < 1.29 is 38.5 Å². The zero-order chi connectivity index (χ0) is 31.0. The minimum Gasteiger partial charge on any atom is -0.508 e. The average Bonchev–Trinajstić information content (AvgIpc) is 2.90. The number of amides is 2. The molecule has 7 N–H and O–H groups in total. The molecule has 0 saturated carbocycles. The van der Waals surface area contributed by atoms with Gasteiger partial charge < -0.3 is 40.5 Å². The fourth-order valence-electron chi connectivity index (χ4n) is 3.90. The number of hydrogen-bond acceptors (Lipinski definition) is 11. The fraction of sp³-hybridized carbons (Fsp3) is 0.393. The van der Waals surface area contributed by atoms with Crippen LogP contribution < -0.4 is 27.3 Å². The van der Waals surface area contributed by atoms with E-state index in [9.17, 15) is 29.4 Å². The SMILES string of the molecule is Cc1c(NC(=O)OC(C)(C)C)ccc2nc(N[C@@H](Cc3ccc(O)cc3)C(=O)O)oc(=O)c12.NC(=O)C1CNCCO1. The number of ether oxygens (including phenoxy) is 2. The van der Waals surface area contributed by atoms with E-state index >= 15 is 0 Å². The summed E-state index contributed by atoms with van der Waals surface area (Å²) >= 11 is 0. The maximum atomic E-state index is 12.7. The third-order valence-corrected chi connectivity index (χ3v) is 5.91. The summed E-state index contributed by atoms with van der Waals surface area (Å²) in [5.74, 6) is -1.49. The molecule has 1 aliphatic heterocycles. The number of phenolic OH excluding ortho intramolecular Hbond substituents is 1. The standard InChI is InChI=1S/C23H25N3O7.C5H10N2O2/c1-12-15(26-22(31)33-23(2,3)4)9-10-16-18(12)20(30)32-21(24-16)25-17(19(28)29)11-13-5-7-14(27)8-6-13;6-5(8)4-3-7-1-2-9-4/h5-10,17,27H,11H2,1-4H3,(H,24,25)(H,26,31)(H,28,29);4,7H,1-3H2,(H2,6,8)/t17-;/m0./s1. The number of aromatic nitrogens is 1. The quantitative estimate of drug-likeness (QED) is 0.235. The molecule has 4 rings (SSSR count). The summed E-state index contributed by atoms with van der Waals surface area (Å²) in [6.45, 7) is 8.77. The number of aryl methyl sites for hydroxylation is 1. The van der Waals surface area contributed by atoms with Crippen LogP contribution in [0.4, 0.5) is 16.5 Å². The second-order valence-electron chi connectivity index (χ2n) is 10.4. The lowest BCUT2D eigenvalue weighted by Crippen LogP contribution is -2.45. The van der Waals surface area contributed by atoms with Gasteiger partial charge in [0.15, 0.2) is 0 Å². The van der Waals surface area contributed by atoms with E-state index in [1.807, 2.05) is 0 Å². The van der Waals surface area contributed by atoms with Crippen molar-refractivity contribution in [3.05, 3.63) is 57.9 Å². The van der Waals surface area contributed by atoms with Crippen molar-refractivity contribution >= 4 is 40.6 Å². The van der Waals surface area contributed by atoms with Gasteiger partial charge in [0.25, 0.3) is 6.01 Å². The number of nitrogens with one attached hydrogen (secondary N) is 3. The maximum absolute atomic E-state index is 12.7. The average molecular weight is 586 g/mol. The summed E-state index contributed by atoms with van der Waals surface area (Å²) in [7, 11) is 0. The zero-order valence-corrected chi connectivity index (χ0v) is 23.7. The molecule has 1 aliphatic rings. The molecule has 42 heavy (non-hydrogen) atoms. The number of fused-ring (bicyclic) bond motifs is 1. The largest absolute Gasteiger partial charge is 0.508 e. The number of carboxylic acid groups (broad SMARTS) is 1. The second kappa shape index (κ2) is 13.8. The van der Waals surface area contributed by atoms with Crippen LogP contribution in [0.5, 0.6) is 5.75 Å². The molecule has 14 heteroatoms. The van der Waals surface area contributed by atoms with Crippen molar-refractivity contribution in [3.8, 4) is 5.75 Å². The lowest BCUT2D eigenvalue weighted by Gasteiger charge is -2.20. The first-order valence-corrected chi connectivity index (χ1v) is 13.1. The first-order chi connectivity index (χ1) is 19.7. The molecule has 2 heterocycles. The molecule has 1 saturated heterocycles. The first-order valence-electron chi connectivity index (χ1n) is 13.1. The summed E-state index contributed by atoms with van der Waals surface area (Å²) in [5, 5.41) is 27.3. The van der Waals surface area contributed by atoms with Crippen molar-refractivity contribution in [3.63, 3.8) is 0 Å². The monoisotopic (exact) mass is 585 g/mol. The smallest absolute Gasteiger partial charge is 0.412 e. The van der Waals surface area contributed by atoms with Crippen molar-refractivity contribution in [2.24, 2.45) is 5.73 Å². The minimum absolute atomic E-state index is 0.0663. The van der Waals surface area contributed by atoms with E-state index in [2.05, 4.69) is 20.9 Å². The van der Waals surface area contributed by atoms with Crippen LogP contribution in [0.2, 0.25) is 0 Å². The number of anilines is 2. The number of primary amides is 1. The molecule has 14 nitrogen and oxygen atoms in total. The third-order valence-electron chi connectivity index (χ3n) is 5.91. The first kappa shape index (κ1) is 31.8. The second-order valence-corrected chi connectivity index (χ2v) is 10.4. The molecule has 1 fully saturated rings. The van der Waals surface area contributed by atoms with E-state index in [0.29, 0.717) is 30.0 Å². The summed E-state index contributed by atoms with van der Waals surface area (Å²) in [4.78, 5) is 51.1. The zero-order valence-electron chi connectivity index (χ0n) is 23.7. The minimum atomic E-state index is -1.17. The molecule has 0 aliphatic carbocycles. The molecule has 2 aromatic carbocycles. The predicted octanol–water partition coefficient (Wildman–Crippen LogP) is 2.12. The molecular weight excluding hydrogens is 550 g/mol. The molecule has 2 amide bonds. The Labute approximate surface area is 241 Å². The van der Waals surface area contributed by atoms with E-state index in [0.717, 1.165) is 6.54 Å². The number of nitrogens with two attached hydrogens (primary N) is 1. The van der Waals surface area contributed by atoms with Gasteiger partial charge in [-0.1, -0.05) is 12.1 Å². The van der Waals surface area contributed by atoms with E-state index < -0.39 is 35.4 Å². The van der Waals surface area contributed by atoms with E-state index in [4.69, 9.17) is 19.6 Å². The highest BCUT2D eigenvalue weighted by Crippen LogP contribution is 2.24. The van der Waals surface area contributed by atoms with Gasteiger partial charge in [-0.15, -0.1) is 0 Å². The molecule has 3 aromatic rings. The topological polar surface area (TPSA) is 215 Å². The van der Waals surface area contributed by atoms with Crippen LogP contribution in [0.15, 0.2) is 45.6 Å². The van der Waals surface area contributed by atoms with Crippen LogP contribution in [0.25, 0.3) is 10.9 Å². The van der Waals surface area contributed by atoms with Crippen LogP contribution in [-0.2, 0) is 25.5 Å². The molecule has 0 spiro atoms. The third kappa shape index (κ3) is 9.17. The van der Waals surface area contributed by atoms with Gasteiger partial charge in [-0.25, -0.2) is 14.4 Å². The highest BCUT2D eigenvalue weighted by atomic mass is 16.6. The van der Waals surface area contributed by atoms with Crippen LogP contribution >= 0.6 is 0 Å². The maximum Gasteiger partial charge on any atom is 0.412 e. The summed E-state index contributed by atoms with van der Waals surface area (Å²) in [6.07, 6.45) is -1.02. The van der Waals surface area contributed by atoms with Crippen molar-refractivity contribution in [2.45, 2.75) is 51.9 Å². The van der Waals surface area contributed by atoms with Gasteiger partial charge in [0.1, 0.15) is 23.5 Å². The van der Waals surface area contributed by atoms with Gasteiger partial charge in [-0.05, 0) is 63.1 Å². The Hall–Kier alpha value is -4.69. The number of carboxylic acids is 1. The van der Waals surface area contributed by atoms with Gasteiger partial charge in [0, 0.05) is 25.2 Å². The molecule has 1 unspecified atom stereocenters. The van der Waals surface area contributed by atoms with Crippen LogP contribution in [0.3, 0.4) is 0 Å². The normalized spacial score (nSPS) is 15.6. The Kier molecular flexibility index (Phi) is 10.4. The lowest BCUT2D eigenvalue weighted by molar-refractivity contribution is -0.138. The molecule has 226 valence electrons. The number of phenols is 1. The van der Waals surface area contributed by atoms with Gasteiger partial charge in [0.05, 0.1) is 17.5 Å². The summed E-state index contributed by atoms with van der Waals surface area (Å²) < 4.78 is 15.5. The number of aromatic hydroxyl groups is 1. The molecule has 1 aromatic heterocycles. The summed E-state index contributed by atoms with van der Waals surface area (Å²) in [6, 6.07) is 7.82. The summed E-state index contributed by atoms with van der Waals surface area (Å²) in [5.41, 5.74) is 5.27. The highest BCUT2D eigenvalue weighted by Gasteiger charge is 2.22. The Morgan fingerprint density at radius 2 is 1.88 bits per heavy atom. The van der Waals surface area contributed by atoms with E-state index in [1.54, 1.807) is 45.9 Å². The van der Waals surface area contributed by atoms with Crippen molar-refractivity contribution in [2.75, 3.05) is 30.3 Å². The van der Waals surface area contributed by atoms with Crippen molar-refractivity contribution in [1.29, 1.82) is 0 Å². The van der Waals surface area contributed by atoms with Gasteiger partial charge in [-0.2, -0.15) is 4.98 Å². The van der Waals surface area contributed by atoms with Gasteiger partial charge in [0.2, 0.25) is 5.91 Å². The molecular formula is C28H35N5O9. The van der Waals surface area contributed by atoms with E-state index in [1.165, 1.54) is 18.2 Å². The van der Waals surface area contributed by atoms with Gasteiger partial charge in [-0.3, -0.25) is 10.1 Å². The number of morpholine rings is 1. The Bertz CT molecular complexity index is 1480. The Morgan fingerprint density at radius 3 is 2.43 bits per heavy atom. The van der Waals surface area contributed by atoms with Crippen LogP contribution in [-0.4, -0.2) is 70.6 Å². The fourth-order valence-corrected chi connectivity index (χ4v) is 3.90. The molecule has 0 radical (unpaired) electrons. The number of aliphatic carboxylic acids is 1. The van der Waals surface area contributed by atoms with Gasteiger partial charge >= 0.3 is 17.7 Å². The molecule has 0 bridgehead atoms. The van der Waals surface area contributed by atoms with Crippen LogP contribution in [0, 0.1) is 6.92 Å². The number of hydrogen-bond donors (Lipinski definition) is 6. The number of nitrogens with zero attached hydrogens (tertiary/aromatic N) is 1. The van der Waals surface area contributed by atoms with Crippen molar-refractivity contribution in [1.82, 2.24) is 10.3 Å². The highest BCUT2D eigenvalue weighted by molar-refractivity contribution is 5.93. The van der Waals surface area contributed by atoms with Crippen LogP contribution in [0.1, 0.15) is 31.9 Å². The molecule has 2 atom stereocenters. The number of carbonyl (C=O) groups is 3. The predicted molar refractivity (Wildman–Crippen MR) is 154 cm³/mol. The number of carbonyl (C=O) groups excluding carboxylic acids is 2.